The van der Waals surface area contributed by atoms with Crippen LogP contribution in [0.15, 0.2) is 34.6 Å². The van der Waals surface area contributed by atoms with E-state index in [1.807, 2.05) is 6.92 Å². The van der Waals surface area contributed by atoms with Gasteiger partial charge in [-0.25, -0.2) is 9.98 Å². The third-order valence-electron chi connectivity index (χ3n) is 3.65. The molecule has 1 heterocycles. The summed E-state index contributed by atoms with van der Waals surface area (Å²) in [4.78, 5) is 30.5. The van der Waals surface area contributed by atoms with Crippen molar-refractivity contribution in [2.24, 2.45) is 10.7 Å². The fourth-order valence-electron chi connectivity index (χ4n) is 2.22. The van der Waals surface area contributed by atoms with Gasteiger partial charge in [0, 0.05) is 17.5 Å². The summed E-state index contributed by atoms with van der Waals surface area (Å²) in [6.07, 6.45) is -4.46. The number of alkyl halides is 3. The molecular weight excluding hydrogens is 548 g/mol. The molecule has 0 unspecified atom stereocenters. The smallest absolute Gasteiger partial charge is 0.368 e. The van der Waals surface area contributed by atoms with E-state index in [1.165, 1.54) is 0 Å². The highest BCUT2D eigenvalue weighted by Gasteiger charge is 2.33. The predicted molar refractivity (Wildman–Crippen MR) is 122 cm³/mol. The number of hydrogen-bond donors (Lipinski definition) is 4. The lowest BCUT2D eigenvalue weighted by atomic mass is 10.1. The second kappa shape index (κ2) is 12.4. The van der Waals surface area contributed by atoms with Crippen LogP contribution in [0.4, 0.5) is 13.2 Å². The van der Waals surface area contributed by atoms with E-state index in [-0.39, 0.29) is 43.6 Å². The van der Waals surface area contributed by atoms with Crippen LogP contribution in [-0.2, 0) is 24.1 Å². The normalized spacial score (nSPS) is 11.4. The number of nitrogens with zero attached hydrogens (tertiary/aromatic N) is 2. The van der Waals surface area contributed by atoms with Crippen LogP contribution in [0.2, 0.25) is 0 Å². The second-order valence-electron chi connectivity index (χ2n) is 6.02. The molecule has 0 fully saturated rings. The first-order valence-corrected chi connectivity index (χ1v) is 9.76. The minimum atomic E-state index is -4.46. The number of aliphatic imine (C=N–C) groups is 1. The SMILES string of the molecule is CCNC(=NCc1ccc(C(=O)NCC(N)=O)cc1)NCc1nc(C(F)(F)F)cs1.I. The number of amides is 2. The van der Waals surface area contributed by atoms with Gasteiger partial charge in [0.1, 0.15) is 5.01 Å². The van der Waals surface area contributed by atoms with Crippen LogP contribution in [0.1, 0.15) is 33.5 Å². The highest BCUT2D eigenvalue weighted by atomic mass is 127. The third kappa shape index (κ3) is 9.08. The summed E-state index contributed by atoms with van der Waals surface area (Å²) in [5, 5.41) is 9.60. The molecule has 1 aromatic carbocycles. The molecule has 0 bridgehead atoms. The number of carbonyl (C=O) groups is 2. The highest BCUT2D eigenvalue weighted by Crippen LogP contribution is 2.29. The molecule has 8 nitrogen and oxygen atoms in total. The van der Waals surface area contributed by atoms with Crippen LogP contribution in [-0.4, -0.2) is 35.8 Å². The highest BCUT2D eigenvalue weighted by molar-refractivity contribution is 14.0. The first-order valence-electron chi connectivity index (χ1n) is 8.88. The second-order valence-corrected chi connectivity index (χ2v) is 6.96. The lowest BCUT2D eigenvalue weighted by Crippen LogP contribution is -2.36. The van der Waals surface area contributed by atoms with Crippen molar-refractivity contribution in [3.05, 3.63) is 51.5 Å². The fraction of sp³-hybridized carbons (Fsp3) is 0.333. The van der Waals surface area contributed by atoms with Gasteiger partial charge in [-0.1, -0.05) is 12.1 Å². The molecular formula is C18H22F3IN6O2S. The van der Waals surface area contributed by atoms with Crippen molar-refractivity contribution in [1.82, 2.24) is 20.9 Å². The topological polar surface area (TPSA) is 122 Å². The van der Waals surface area contributed by atoms with E-state index < -0.39 is 23.7 Å². The van der Waals surface area contributed by atoms with Crippen LogP contribution < -0.4 is 21.7 Å². The number of guanidine groups is 1. The van der Waals surface area contributed by atoms with E-state index in [0.717, 1.165) is 22.3 Å². The van der Waals surface area contributed by atoms with E-state index in [1.54, 1.807) is 24.3 Å². The van der Waals surface area contributed by atoms with Crippen molar-refractivity contribution < 1.29 is 22.8 Å². The Morgan fingerprint density at radius 2 is 1.84 bits per heavy atom. The summed E-state index contributed by atoms with van der Waals surface area (Å²) in [7, 11) is 0. The number of hydrogen-bond acceptors (Lipinski definition) is 5. The molecule has 0 spiro atoms. The van der Waals surface area contributed by atoms with Crippen LogP contribution in [0.3, 0.4) is 0 Å². The minimum absolute atomic E-state index is 0. The molecule has 0 saturated heterocycles. The number of benzene rings is 1. The van der Waals surface area contributed by atoms with Gasteiger partial charge < -0.3 is 21.7 Å². The van der Waals surface area contributed by atoms with Gasteiger partial charge in [0.25, 0.3) is 5.91 Å². The Labute approximate surface area is 197 Å². The predicted octanol–water partition coefficient (Wildman–Crippen LogP) is 2.25. The molecule has 1 aromatic heterocycles. The van der Waals surface area contributed by atoms with Crippen LogP contribution in [0.25, 0.3) is 0 Å². The molecule has 31 heavy (non-hydrogen) atoms. The van der Waals surface area contributed by atoms with Gasteiger partial charge in [0.2, 0.25) is 5.91 Å². The molecule has 2 rings (SSSR count). The van der Waals surface area contributed by atoms with Gasteiger partial charge in [-0.05, 0) is 24.6 Å². The summed E-state index contributed by atoms with van der Waals surface area (Å²) in [6.45, 7) is 2.57. The Bertz CT molecular complexity index is 902. The summed E-state index contributed by atoms with van der Waals surface area (Å²) in [6, 6.07) is 6.61. The number of carbonyl (C=O) groups excluding carboxylic acids is 2. The zero-order chi connectivity index (χ0) is 22.1. The molecule has 0 radical (unpaired) electrons. The van der Waals surface area contributed by atoms with E-state index in [0.29, 0.717) is 23.1 Å². The van der Waals surface area contributed by atoms with Gasteiger partial charge in [-0.15, -0.1) is 35.3 Å². The first-order chi connectivity index (χ1) is 14.2. The lowest BCUT2D eigenvalue weighted by molar-refractivity contribution is -0.140. The van der Waals surface area contributed by atoms with Crippen molar-refractivity contribution in [3.8, 4) is 0 Å². The Morgan fingerprint density at radius 1 is 1.16 bits per heavy atom. The minimum Gasteiger partial charge on any atom is -0.368 e. The molecule has 13 heteroatoms. The van der Waals surface area contributed by atoms with E-state index in [9.17, 15) is 22.8 Å². The number of halogens is 4. The van der Waals surface area contributed by atoms with Crippen molar-refractivity contribution in [2.45, 2.75) is 26.2 Å². The van der Waals surface area contributed by atoms with Gasteiger partial charge in [-0.3, -0.25) is 9.59 Å². The standard InChI is InChI=1S/C18H21F3N6O2S.HI/c1-2-23-17(26-9-15-27-13(10-30-15)18(19,20)21)25-7-11-3-5-12(6-4-11)16(29)24-8-14(22)28;/h3-6,10H,2,7-9H2,1H3,(H2,22,28)(H,24,29)(H2,23,25,26);1H. The first kappa shape index (κ1) is 26.6. The molecule has 2 amide bonds. The maximum atomic E-state index is 12.6. The molecule has 5 N–H and O–H groups in total. The Balaban J connectivity index is 0.00000480. The van der Waals surface area contributed by atoms with Gasteiger partial charge in [0.15, 0.2) is 11.7 Å². The van der Waals surface area contributed by atoms with E-state index >= 15 is 0 Å². The Kier molecular flexibility index (Phi) is 10.7. The van der Waals surface area contributed by atoms with Gasteiger partial charge in [-0.2, -0.15) is 13.2 Å². The van der Waals surface area contributed by atoms with Gasteiger partial charge in [0.05, 0.1) is 19.6 Å². The van der Waals surface area contributed by atoms with E-state index in [4.69, 9.17) is 5.73 Å². The number of nitrogens with one attached hydrogen (secondary N) is 3. The lowest BCUT2D eigenvalue weighted by Gasteiger charge is -2.10. The molecule has 0 aliphatic rings. The zero-order valence-corrected chi connectivity index (χ0v) is 19.6. The average Bonchev–Trinajstić information content (AvgIpc) is 3.18. The third-order valence-corrected chi connectivity index (χ3v) is 4.50. The van der Waals surface area contributed by atoms with Crippen LogP contribution in [0.5, 0.6) is 0 Å². The average molecular weight is 570 g/mol. The van der Waals surface area contributed by atoms with Crippen LogP contribution >= 0.6 is 35.3 Å². The Hall–Kier alpha value is -2.42. The molecule has 2 aromatic rings. The summed E-state index contributed by atoms with van der Waals surface area (Å²) >= 11 is 0.918. The zero-order valence-electron chi connectivity index (χ0n) is 16.5. The molecule has 0 aliphatic heterocycles. The van der Waals surface area contributed by atoms with Gasteiger partial charge >= 0.3 is 6.18 Å². The van der Waals surface area contributed by atoms with E-state index in [2.05, 4.69) is 25.9 Å². The Morgan fingerprint density at radius 3 is 2.39 bits per heavy atom. The van der Waals surface area contributed by atoms with Crippen molar-refractivity contribution >= 4 is 53.1 Å². The monoisotopic (exact) mass is 570 g/mol. The number of rotatable bonds is 8. The van der Waals surface area contributed by atoms with Crippen molar-refractivity contribution in [1.29, 1.82) is 0 Å². The quantitative estimate of drug-likeness (QED) is 0.221. The molecule has 170 valence electrons. The fourth-order valence-corrected chi connectivity index (χ4v) is 2.97. The largest absolute Gasteiger partial charge is 0.434 e. The molecule has 0 saturated carbocycles. The molecule has 0 atom stereocenters. The summed E-state index contributed by atoms with van der Waals surface area (Å²) < 4.78 is 37.9. The summed E-state index contributed by atoms with van der Waals surface area (Å²) in [5.41, 5.74) is 5.26. The van der Waals surface area contributed by atoms with Crippen molar-refractivity contribution in [2.75, 3.05) is 13.1 Å². The van der Waals surface area contributed by atoms with Crippen molar-refractivity contribution in [3.63, 3.8) is 0 Å². The maximum Gasteiger partial charge on any atom is 0.434 e. The number of nitrogens with two attached hydrogens (primary N) is 1. The van der Waals surface area contributed by atoms with Crippen LogP contribution in [0, 0.1) is 0 Å². The number of primary amides is 1. The summed E-state index contributed by atoms with van der Waals surface area (Å²) in [5.74, 6) is -0.629. The number of thiazole rings is 1. The molecule has 0 aliphatic carbocycles. The number of aromatic nitrogens is 1. The maximum absolute atomic E-state index is 12.6.